The molecule has 182 valence electrons. The van der Waals surface area contributed by atoms with Crippen LogP contribution in [0.2, 0.25) is 0 Å². The summed E-state index contributed by atoms with van der Waals surface area (Å²) < 4.78 is 11.4. The molecule has 0 aliphatic heterocycles. The molecule has 11 heteroatoms. The molecule has 10 nitrogen and oxygen atoms in total. The van der Waals surface area contributed by atoms with Crippen LogP contribution in [0.3, 0.4) is 0 Å². The third-order valence-corrected chi connectivity index (χ3v) is 4.23. The van der Waals surface area contributed by atoms with Crippen LogP contribution < -0.4 is 55.0 Å². The van der Waals surface area contributed by atoms with Crippen LogP contribution in [-0.4, -0.2) is 61.6 Å². The molecule has 0 saturated carbocycles. The molecule has 0 aliphatic rings. The summed E-state index contributed by atoms with van der Waals surface area (Å²) in [6.45, 7) is 7.88. The van der Waals surface area contributed by atoms with Gasteiger partial charge in [-0.25, -0.2) is 0 Å². The zero-order chi connectivity index (χ0) is 24.5. The summed E-state index contributed by atoms with van der Waals surface area (Å²) >= 11 is 0. The van der Waals surface area contributed by atoms with E-state index < -0.39 is 18.4 Å². The van der Waals surface area contributed by atoms with Crippen molar-refractivity contribution < 1.29 is 64.7 Å². The van der Waals surface area contributed by atoms with Gasteiger partial charge in [-0.1, -0.05) is 13.2 Å². The second-order valence-corrected chi connectivity index (χ2v) is 6.84. The minimum Gasteiger partial charge on any atom is -1.00 e. The zero-order valence-corrected chi connectivity index (χ0v) is 21.6. The van der Waals surface area contributed by atoms with Gasteiger partial charge in [-0.2, -0.15) is 0 Å². The summed E-state index contributed by atoms with van der Waals surface area (Å²) in [6.07, 6.45) is 5.10. The summed E-state index contributed by atoms with van der Waals surface area (Å²) in [4.78, 5) is 45.4. The third-order valence-electron chi connectivity index (χ3n) is 4.23. The zero-order valence-electron chi connectivity index (χ0n) is 20.6. The van der Waals surface area contributed by atoms with Crippen molar-refractivity contribution in [2.45, 2.75) is 25.7 Å². The minimum absolute atomic E-state index is 0. The van der Waals surface area contributed by atoms with Gasteiger partial charge in [-0.15, -0.1) is 0 Å². The quantitative estimate of drug-likeness (QED) is 0.120. The van der Waals surface area contributed by atoms with E-state index in [1.165, 1.54) is 18.2 Å². The summed E-state index contributed by atoms with van der Waals surface area (Å²) in [6, 6.07) is 4.75. The first-order chi connectivity index (χ1) is 15.9. The number of hydrogen-bond acceptors (Lipinski definition) is 6. The molecule has 0 atom stereocenters. The van der Waals surface area contributed by atoms with Crippen LogP contribution in [0.15, 0.2) is 43.5 Å². The molecule has 0 saturated heterocycles. The molecule has 0 heterocycles. The van der Waals surface area contributed by atoms with Gasteiger partial charge in [0.25, 0.3) is 5.91 Å². The number of carbonyl (C=O) groups excluding carboxylic acids is 3. The van der Waals surface area contributed by atoms with Gasteiger partial charge in [0.05, 0.1) is 18.8 Å². The average Bonchev–Trinajstić information content (AvgIpc) is 2.81. The van der Waals surface area contributed by atoms with Gasteiger partial charge in [0.1, 0.15) is 18.0 Å². The van der Waals surface area contributed by atoms with Gasteiger partial charge in [-0.05, 0) is 56.0 Å². The van der Waals surface area contributed by atoms with E-state index in [0.717, 1.165) is 0 Å². The third kappa shape index (κ3) is 13.7. The predicted octanol–water partition coefficient (Wildman–Crippen LogP) is -1.46. The molecule has 0 spiro atoms. The fraction of sp³-hybridized carbons (Fsp3) is 0.391. The van der Waals surface area contributed by atoms with Crippen LogP contribution in [0.25, 0.3) is 0 Å². The molecule has 1 rings (SSSR count). The molecule has 0 bridgehead atoms. The molecule has 4 N–H and O–H groups in total. The fourth-order valence-corrected chi connectivity index (χ4v) is 2.55. The minimum atomic E-state index is -1.16. The number of ether oxygens (including phenoxy) is 2. The van der Waals surface area contributed by atoms with Crippen molar-refractivity contribution in [3.63, 3.8) is 0 Å². The van der Waals surface area contributed by atoms with Gasteiger partial charge in [0, 0.05) is 13.1 Å². The number of carboxylic acids is 1. The van der Waals surface area contributed by atoms with E-state index in [9.17, 15) is 19.2 Å². The van der Waals surface area contributed by atoms with Crippen LogP contribution in [0.5, 0.6) is 11.5 Å². The number of rotatable bonds is 17. The topological polar surface area (TPSA) is 143 Å². The number of aliphatic carboxylic acids is 1. The first-order valence-electron chi connectivity index (χ1n) is 10.6. The summed E-state index contributed by atoms with van der Waals surface area (Å²) in [5.41, 5.74) is 0.159. The van der Waals surface area contributed by atoms with Crippen LogP contribution in [0.1, 0.15) is 37.5 Å². The first kappa shape index (κ1) is 31.2. The van der Waals surface area contributed by atoms with Gasteiger partial charge in [0.2, 0.25) is 11.8 Å². The average molecular weight is 486 g/mol. The van der Waals surface area contributed by atoms with Crippen LogP contribution in [0.4, 0.5) is 0 Å². The molecule has 3 amide bonds. The SMILES string of the molecule is C=CC(=O)NCCCCOc1ccc(OCCCCNC(=O)C=C)c(C(=O)NCC(=O)O)c1.[H-].[Na+]. The number of unbranched alkanes of at least 4 members (excludes halogenated alkanes) is 2. The molecular weight excluding hydrogens is 453 g/mol. The molecule has 0 fully saturated rings. The van der Waals surface area contributed by atoms with Crippen molar-refractivity contribution in [2.75, 3.05) is 32.8 Å². The number of amides is 3. The Hall–Kier alpha value is -2.82. The maximum Gasteiger partial charge on any atom is 1.00 e. The second kappa shape index (κ2) is 18.6. The number of carboxylic acid groups (broad SMARTS) is 1. The Balaban J connectivity index is 0. The van der Waals surface area contributed by atoms with Gasteiger partial charge in [-0.3, -0.25) is 19.2 Å². The van der Waals surface area contributed by atoms with Crippen LogP contribution >= 0.6 is 0 Å². The van der Waals surface area contributed by atoms with Crippen molar-refractivity contribution in [3.8, 4) is 11.5 Å². The van der Waals surface area contributed by atoms with Gasteiger partial charge >= 0.3 is 35.5 Å². The van der Waals surface area contributed by atoms with E-state index in [0.29, 0.717) is 63.5 Å². The Bertz CT molecular complexity index is 852. The Labute approximate surface area is 222 Å². The number of nitrogens with one attached hydrogen (secondary N) is 3. The molecule has 34 heavy (non-hydrogen) atoms. The van der Waals surface area contributed by atoms with Crippen LogP contribution in [-0.2, 0) is 14.4 Å². The Morgan fingerprint density at radius 2 is 1.44 bits per heavy atom. The number of carbonyl (C=O) groups is 4. The molecule has 0 radical (unpaired) electrons. The second-order valence-electron chi connectivity index (χ2n) is 6.84. The van der Waals surface area contributed by atoms with E-state index in [4.69, 9.17) is 14.6 Å². The van der Waals surface area contributed by atoms with Crippen molar-refractivity contribution in [1.29, 1.82) is 0 Å². The largest absolute Gasteiger partial charge is 1.00 e. The monoisotopic (exact) mass is 485 g/mol. The molecule has 0 aliphatic carbocycles. The predicted molar refractivity (Wildman–Crippen MR) is 123 cm³/mol. The normalized spacial score (nSPS) is 9.65. The van der Waals surface area contributed by atoms with E-state index in [2.05, 4.69) is 29.1 Å². The standard InChI is InChI=1S/C23H31N3O7.Na.H/c1-3-20(27)24-11-5-7-13-32-17-9-10-19(18(15-17)23(31)26-16-22(29)30)33-14-8-6-12-25-21(28)4-2;;/h3-4,9-10,15H,1-2,5-8,11-14,16H2,(H,24,27)(H,25,28)(H,26,31)(H,29,30);;/q;+1;-1. The Morgan fingerprint density at radius 3 is 1.97 bits per heavy atom. The van der Waals surface area contributed by atoms with E-state index in [1.54, 1.807) is 12.1 Å². The van der Waals surface area contributed by atoms with E-state index in [1.807, 2.05) is 0 Å². The summed E-state index contributed by atoms with van der Waals surface area (Å²) in [7, 11) is 0. The molecule has 1 aromatic carbocycles. The molecule has 0 unspecified atom stereocenters. The first-order valence-corrected chi connectivity index (χ1v) is 10.6. The molecule has 0 aromatic heterocycles. The Kier molecular flexibility index (Phi) is 17.0. The maximum absolute atomic E-state index is 12.5. The fourth-order valence-electron chi connectivity index (χ4n) is 2.55. The maximum atomic E-state index is 12.5. The van der Waals surface area contributed by atoms with Crippen molar-refractivity contribution in [1.82, 2.24) is 16.0 Å². The van der Waals surface area contributed by atoms with Crippen molar-refractivity contribution in [2.24, 2.45) is 0 Å². The number of benzene rings is 1. The van der Waals surface area contributed by atoms with Gasteiger partial charge < -0.3 is 32.0 Å². The Morgan fingerprint density at radius 1 is 0.882 bits per heavy atom. The van der Waals surface area contributed by atoms with Gasteiger partial charge in [0.15, 0.2) is 0 Å². The van der Waals surface area contributed by atoms with E-state index >= 15 is 0 Å². The molecule has 1 aromatic rings. The summed E-state index contributed by atoms with van der Waals surface area (Å²) in [5.74, 6) is -1.50. The van der Waals surface area contributed by atoms with E-state index in [-0.39, 0.29) is 48.4 Å². The van der Waals surface area contributed by atoms with Crippen LogP contribution in [0, 0.1) is 0 Å². The van der Waals surface area contributed by atoms with Crippen molar-refractivity contribution >= 4 is 23.7 Å². The smallest absolute Gasteiger partial charge is 1.00 e. The number of hydrogen-bond donors (Lipinski definition) is 4. The summed E-state index contributed by atoms with van der Waals surface area (Å²) in [5, 5.41) is 16.5. The molecular formula is C23H32N3NaO7. The van der Waals surface area contributed by atoms with Crippen molar-refractivity contribution in [3.05, 3.63) is 49.1 Å².